The van der Waals surface area contributed by atoms with Crippen LogP contribution in [0.4, 0.5) is 0 Å². The lowest BCUT2D eigenvalue weighted by atomic mass is 10.1. The number of hydrogen-bond donors (Lipinski definition) is 7. The fourth-order valence-electron chi connectivity index (χ4n) is 1.45. The first-order valence-corrected chi connectivity index (χ1v) is 5.80. The van der Waals surface area contributed by atoms with E-state index in [0.29, 0.717) is 0 Å². The number of aliphatic carboxylic acids is 1. The molecule has 1 aromatic rings. The highest BCUT2D eigenvalue weighted by Crippen LogP contribution is 2.27. The third-order valence-corrected chi connectivity index (χ3v) is 2.67. The molecular weight excluding hydrogens is 286 g/mol. The number of aliphatic hydroxyl groups excluding tert-OH is 3. The number of hydrogen-bond acceptors (Lipinski definition) is 7. The summed E-state index contributed by atoms with van der Waals surface area (Å²) in [5.41, 5.74) is 0.180. The lowest BCUT2D eigenvalue weighted by Crippen LogP contribution is -2.46. The molecule has 0 aliphatic rings. The minimum atomic E-state index is -2.28. The van der Waals surface area contributed by atoms with Crippen molar-refractivity contribution in [2.45, 2.75) is 18.3 Å². The number of carboxylic acids is 1. The molecule has 0 bridgehead atoms. The fourth-order valence-corrected chi connectivity index (χ4v) is 1.45. The van der Waals surface area contributed by atoms with Crippen molar-refractivity contribution in [1.82, 2.24) is 5.32 Å². The summed E-state index contributed by atoms with van der Waals surface area (Å²) < 4.78 is 0. The second kappa shape index (κ2) is 6.88. The van der Waals surface area contributed by atoms with E-state index in [9.17, 15) is 24.9 Å². The number of amides is 1. The van der Waals surface area contributed by atoms with Gasteiger partial charge in [-0.25, -0.2) is 4.79 Å². The Hall–Kier alpha value is -2.36. The summed E-state index contributed by atoms with van der Waals surface area (Å²) in [6.45, 7) is -0.396. The van der Waals surface area contributed by atoms with Gasteiger partial charge in [0.25, 0.3) is 5.91 Å². The van der Waals surface area contributed by atoms with Crippen molar-refractivity contribution in [1.29, 1.82) is 0 Å². The molecule has 1 rings (SSSR count). The smallest absolute Gasteiger partial charge is 0.335 e. The van der Waals surface area contributed by atoms with Crippen molar-refractivity contribution in [3.05, 3.63) is 23.8 Å². The molecule has 21 heavy (non-hydrogen) atoms. The minimum absolute atomic E-state index is 0.180. The van der Waals surface area contributed by atoms with Crippen molar-refractivity contribution in [3.63, 3.8) is 0 Å². The maximum absolute atomic E-state index is 11.4. The molecule has 0 aliphatic heterocycles. The molecule has 3 atom stereocenters. The fraction of sp³-hybridized carbons (Fsp3) is 0.333. The van der Waals surface area contributed by atoms with Crippen LogP contribution in [0.1, 0.15) is 11.7 Å². The van der Waals surface area contributed by atoms with Crippen LogP contribution in [-0.4, -0.2) is 61.3 Å². The number of carbonyl (C=O) groups is 2. The average Bonchev–Trinajstić information content (AvgIpc) is 2.45. The molecule has 0 aliphatic carbocycles. The van der Waals surface area contributed by atoms with Gasteiger partial charge in [-0.3, -0.25) is 4.79 Å². The predicted octanol–water partition coefficient (Wildman–Crippen LogP) is -1.95. The van der Waals surface area contributed by atoms with Crippen LogP contribution in [0.2, 0.25) is 0 Å². The molecule has 0 heterocycles. The maximum Gasteiger partial charge on any atom is 0.335 e. The molecule has 0 aromatic heterocycles. The number of phenols is 2. The number of carbonyl (C=O) groups excluding carboxylic acids is 1. The van der Waals surface area contributed by atoms with E-state index in [-0.39, 0.29) is 11.3 Å². The van der Waals surface area contributed by atoms with Gasteiger partial charge >= 0.3 is 5.97 Å². The Morgan fingerprint density at radius 2 is 1.67 bits per heavy atom. The zero-order chi connectivity index (χ0) is 16.2. The first-order chi connectivity index (χ1) is 9.73. The lowest BCUT2D eigenvalue weighted by Gasteiger charge is -2.16. The molecule has 0 saturated carbocycles. The Kier molecular flexibility index (Phi) is 5.47. The summed E-state index contributed by atoms with van der Waals surface area (Å²) in [6, 6.07) is 3.52. The number of carboxylic acid groups (broad SMARTS) is 1. The van der Waals surface area contributed by atoms with Gasteiger partial charge in [0.05, 0.1) is 6.10 Å². The highest BCUT2D eigenvalue weighted by molar-refractivity contribution is 5.87. The summed E-state index contributed by atoms with van der Waals surface area (Å²) in [6.07, 6.45) is -5.72. The van der Waals surface area contributed by atoms with E-state index >= 15 is 0 Å². The molecule has 3 unspecified atom stereocenters. The van der Waals surface area contributed by atoms with Crippen LogP contribution >= 0.6 is 0 Å². The Labute approximate surface area is 118 Å². The third kappa shape index (κ3) is 4.31. The van der Waals surface area contributed by atoms with Gasteiger partial charge in [0.15, 0.2) is 23.7 Å². The number of aliphatic hydroxyl groups is 3. The first-order valence-electron chi connectivity index (χ1n) is 5.80. The second-order valence-corrected chi connectivity index (χ2v) is 4.24. The Morgan fingerprint density at radius 1 is 1.05 bits per heavy atom. The SMILES string of the molecule is O=C(O)C(O)C(O)C(=O)NCC(O)c1ccc(O)c(O)c1. The number of rotatable bonds is 6. The predicted molar refractivity (Wildman–Crippen MR) is 67.4 cm³/mol. The normalized spacial score (nSPS) is 15.0. The van der Waals surface area contributed by atoms with E-state index in [1.807, 2.05) is 5.32 Å². The third-order valence-electron chi connectivity index (χ3n) is 2.67. The van der Waals surface area contributed by atoms with E-state index < -0.39 is 42.5 Å². The second-order valence-electron chi connectivity index (χ2n) is 4.24. The van der Waals surface area contributed by atoms with Crippen LogP contribution < -0.4 is 5.32 Å². The zero-order valence-electron chi connectivity index (χ0n) is 10.7. The summed E-state index contributed by atoms with van der Waals surface area (Å²) in [5, 5.41) is 56.8. The van der Waals surface area contributed by atoms with Gasteiger partial charge in [-0.1, -0.05) is 6.07 Å². The topological polar surface area (TPSA) is 168 Å². The molecule has 1 aromatic carbocycles. The monoisotopic (exact) mass is 301 g/mol. The van der Waals surface area contributed by atoms with Crippen molar-refractivity contribution in [2.24, 2.45) is 0 Å². The van der Waals surface area contributed by atoms with Crippen molar-refractivity contribution in [3.8, 4) is 11.5 Å². The summed E-state index contributed by atoms with van der Waals surface area (Å²) in [4.78, 5) is 21.7. The van der Waals surface area contributed by atoms with Crippen molar-refractivity contribution < 1.29 is 40.2 Å². The molecule has 1 amide bonds. The van der Waals surface area contributed by atoms with E-state index in [1.165, 1.54) is 6.07 Å². The minimum Gasteiger partial charge on any atom is -0.504 e. The van der Waals surface area contributed by atoms with E-state index in [4.69, 9.17) is 15.3 Å². The van der Waals surface area contributed by atoms with Gasteiger partial charge in [-0.2, -0.15) is 0 Å². The van der Waals surface area contributed by atoms with Gasteiger partial charge < -0.3 is 36.0 Å². The average molecular weight is 301 g/mol. The number of phenolic OH excluding ortho intramolecular Hbond substituents is 2. The van der Waals surface area contributed by atoms with E-state index in [2.05, 4.69) is 0 Å². The quantitative estimate of drug-likeness (QED) is 0.298. The standard InChI is InChI=1S/C12H15NO8/c14-6-2-1-5(3-7(6)15)8(16)4-13-11(19)9(17)10(18)12(20)21/h1-3,8-10,14-18H,4H2,(H,13,19)(H,20,21). The highest BCUT2D eigenvalue weighted by Gasteiger charge is 2.30. The molecule has 0 radical (unpaired) electrons. The van der Waals surface area contributed by atoms with Crippen molar-refractivity contribution in [2.75, 3.05) is 6.54 Å². The molecule has 116 valence electrons. The Balaban J connectivity index is 2.60. The van der Waals surface area contributed by atoms with Crippen LogP contribution in [0.25, 0.3) is 0 Å². The van der Waals surface area contributed by atoms with Crippen LogP contribution in [-0.2, 0) is 9.59 Å². The van der Waals surface area contributed by atoms with Crippen LogP contribution in [0.15, 0.2) is 18.2 Å². The van der Waals surface area contributed by atoms with Gasteiger partial charge in [0, 0.05) is 6.54 Å². The molecule has 0 saturated heterocycles. The molecule has 9 nitrogen and oxygen atoms in total. The Morgan fingerprint density at radius 3 is 2.19 bits per heavy atom. The summed E-state index contributed by atoms with van der Waals surface area (Å²) >= 11 is 0. The van der Waals surface area contributed by atoms with E-state index in [1.54, 1.807) is 0 Å². The van der Waals surface area contributed by atoms with Gasteiger partial charge in [0.2, 0.25) is 0 Å². The molecule has 0 fully saturated rings. The molecule has 0 spiro atoms. The summed E-state index contributed by atoms with van der Waals surface area (Å²) in [7, 11) is 0. The number of benzene rings is 1. The van der Waals surface area contributed by atoms with Crippen LogP contribution in [0.5, 0.6) is 11.5 Å². The molecular formula is C12H15NO8. The Bertz CT molecular complexity index is 532. The first kappa shape index (κ1) is 16.7. The van der Waals surface area contributed by atoms with Crippen molar-refractivity contribution >= 4 is 11.9 Å². The molecule has 7 N–H and O–H groups in total. The zero-order valence-corrected chi connectivity index (χ0v) is 10.7. The number of nitrogens with one attached hydrogen (secondary N) is 1. The van der Waals surface area contributed by atoms with Crippen LogP contribution in [0.3, 0.4) is 0 Å². The van der Waals surface area contributed by atoms with Gasteiger partial charge in [0.1, 0.15) is 0 Å². The molecule has 9 heteroatoms. The number of aromatic hydroxyl groups is 2. The summed E-state index contributed by atoms with van der Waals surface area (Å²) in [5.74, 6) is -3.78. The maximum atomic E-state index is 11.4. The highest BCUT2D eigenvalue weighted by atomic mass is 16.4. The largest absolute Gasteiger partial charge is 0.504 e. The van der Waals surface area contributed by atoms with E-state index in [0.717, 1.165) is 12.1 Å². The van der Waals surface area contributed by atoms with Gasteiger partial charge in [-0.05, 0) is 17.7 Å². The van der Waals surface area contributed by atoms with Crippen LogP contribution in [0, 0.1) is 0 Å². The lowest BCUT2D eigenvalue weighted by molar-refractivity contribution is -0.158. The van der Waals surface area contributed by atoms with Gasteiger partial charge in [-0.15, -0.1) is 0 Å².